The first-order chi connectivity index (χ1) is 9.29. The third-order valence-corrected chi connectivity index (χ3v) is 4.74. The normalized spacial score (nSPS) is 25.2. The Morgan fingerprint density at radius 2 is 2.00 bits per heavy atom. The van der Waals surface area contributed by atoms with Gasteiger partial charge in [-0.3, -0.25) is 0 Å². The molecule has 1 fully saturated rings. The van der Waals surface area contributed by atoms with E-state index in [4.69, 9.17) is 0 Å². The fraction of sp³-hybridized carbons (Fsp3) is 0.667. The van der Waals surface area contributed by atoms with Crippen LogP contribution in [0.4, 0.5) is 0 Å². The Bertz CT molecular complexity index is 346. The fourth-order valence-corrected chi connectivity index (χ4v) is 3.63. The van der Waals surface area contributed by atoms with E-state index in [-0.39, 0.29) is 0 Å². The summed E-state index contributed by atoms with van der Waals surface area (Å²) in [4.78, 5) is 0. The van der Waals surface area contributed by atoms with Crippen molar-refractivity contribution in [2.45, 2.75) is 57.9 Å². The Labute approximate surface area is 118 Å². The largest absolute Gasteiger partial charge is 0.317 e. The molecule has 1 aliphatic rings. The lowest BCUT2D eigenvalue weighted by Gasteiger charge is -2.33. The fourth-order valence-electron chi connectivity index (χ4n) is 3.63. The third-order valence-electron chi connectivity index (χ3n) is 4.74. The average molecular weight is 259 g/mol. The van der Waals surface area contributed by atoms with Crippen LogP contribution >= 0.6 is 0 Å². The van der Waals surface area contributed by atoms with Crippen molar-refractivity contribution >= 4 is 0 Å². The molecule has 0 radical (unpaired) electrons. The first-order valence-electron chi connectivity index (χ1n) is 8.00. The van der Waals surface area contributed by atoms with E-state index >= 15 is 0 Å². The first-order valence-corrected chi connectivity index (χ1v) is 8.00. The highest BCUT2D eigenvalue weighted by molar-refractivity contribution is 5.14. The summed E-state index contributed by atoms with van der Waals surface area (Å²) in [6, 6.07) is 11.6. The minimum absolute atomic E-state index is 0.728. The highest BCUT2D eigenvalue weighted by Gasteiger charge is 2.25. The van der Waals surface area contributed by atoms with Crippen LogP contribution in [0.5, 0.6) is 0 Å². The van der Waals surface area contributed by atoms with Gasteiger partial charge in [0.1, 0.15) is 0 Å². The van der Waals surface area contributed by atoms with Gasteiger partial charge in [0.25, 0.3) is 0 Å². The quantitative estimate of drug-likeness (QED) is 0.797. The zero-order valence-corrected chi connectivity index (χ0v) is 12.6. The number of rotatable bonds is 6. The van der Waals surface area contributed by atoms with Gasteiger partial charge in [0.2, 0.25) is 0 Å². The van der Waals surface area contributed by atoms with E-state index in [1.54, 1.807) is 0 Å². The van der Waals surface area contributed by atoms with Crippen molar-refractivity contribution < 1.29 is 0 Å². The first kappa shape index (κ1) is 14.6. The molecule has 19 heavy (non-hydrogen) atoms. The molecule has 3 atom stereocenters. The van der Waals surface area contributed by atoms with Crippen molar-refractivity contribution in [1.29, 1.82) is 0 Å². The van der Waals surface area contributed by atoms with E-state index < -0.39 is 0 Å². The zero-order chi connectivity index (χ0) is 13.5. The van der Waals surface area contributed by atoms with Crippen LogP contribution < -0.4 is 5.32 Å². The van der Waals surface area contributed by atoms with Crippen molar-refractivity contribution in [3.8, 4) is 0 Å². The summed E-state index contributed by atoms with van der Waals surface area (Å²) in [5.74, 6) is 1.84. The molecule has 1 saturated carbocycles. The third kappa shape index (κ3) is 4.65. The molecule has 106 valence electrons. The van der Waals surface area contributed by atoms with Gasteiger partial charge in [0, 0.05) is 6.04 Å². The second-order valence-electron chi connectivity index (χ2n) is 6.30. The van der Waals surface area contributed by atoms with Gasteiger partial charge in [0.05, 0.1) is 0 Å². The van der Waals surface area contributed by atoms with Crippen LogP contribution in [-0.2, 0) is 6.42 Å². The Hall–Kier alpha value is -0.820. The van der Waals surface area contributed by atoms with Crippen molar-refractivity contribution in [2.24, 2.45) is 11.8 Å². The van der Waals surface area contributed by atoms with E-state index in [0.717, 1.165) is 17.9 Å². The Balaban J connectivity index is 1.76. The Morgan fingerprint density at radius 3 is 2.68 bits per heavy atom. The number of hydrogen-bond acceptors (Lipinski definition) is 1. The van der Waals surface area contributed by atoms with Gasteiger partial charge >= 0.3 is 0 Å². The van der Waals surface area contributed by atoms with E-state index in [9.17, 15) is 0 Å². The minimum atomic E-state index is 0.728. The van der Waals surface area contributed by atoms with E-state index in [1.165, 1.54) is 50.5 Å². The Kier molecular flexibility index (Phi) is 5.91. The molecule has 0 aliphatic heterocycles. The molecule has 3 unspecified atom stereocenters. The van der Waals surface area contributed by atoms with E-state index in [2.05, 4.69) is 49.6 Å². The zero-order valence-electron chi connectivity index (χ0n) is 12.6. The maximum Gasteiger partial charge on any atom is 0.00925 e. The summed E-state index contributed by atoms with van der Waals surface area (Å²) in [5, 5.41) is 3.58. The highest BCUT2D eigenvalue weighted by Crippen LogP contribution is 2.32. The lowest BCUT2D eigenvalue weighted by molar-refractivity contribution is 0.219. The SMILES string of the molecule is CNC(CCCc1ccccc1)C1CCCC(C)C1. The van der Waals surface area contributed by atoms with Crippen LogP contribution in [0.15, 0.2) is 30.3 Å². The second-order valence-corrected chi connectivity index (χ2v) is 6.30. The highest BCUT2D eigenvalue weighted by atomic mass is 14.9. The standard InChI is InChI=1S/C18H29N/c1-15-8-6-12-17(14-15)18(19-2)13-7-11-16-9-4-3-5-10-16/h3-5,9-10,15,17-19H,6-8,11-14H2,1-2H3. The van der Waals surface area contributed by atoms with Gasteiger partial charge in [0.15, 0.2) is 0 Å². The summed E-state index contributed by atoms with van der Waals surface area (Å²) in [6.45, 7) is 2.42. The van der Waals surface area contributed by atoms with Gasteiger partial charge < -0.3 is 5.32 Å². The smallest absolute Gasteiger partial charge is 0.00925 e. The molecule has 1 nitrogen and oxygen atoms in total. The lowest BCUT2D eigenvalue weighted by atomic mass is 9.77. The summed E-state index contributed by atoms with van der Waals surface area (Å²) in [6.07, 6.45) is 9.59. The van der Waals surface area contributed by atoms with E-state index in [1.807, 2.05) is 0 Å². The topological polar surface area (TPSA) is 12.0 Å². The Morgan fingerprint density at radius 1 is 1.21 bits per heavy atom. The van der Waals surface area contributed by atoms with Crippen LogP contribution in [-0.4, -0.2) is 13.1 Å². The minimum Gasteiger partial charge on any atom is -0.317 e. The lowest BCUT2D eigenvalue weighted by Crippen LogP contribution is -2.36. The van der Waals surface area contributed by atoms with Crippen molar-refractivity contribution in [1.82, 2.24) is 5.32 Å². The van der Waals surface area contributed by atoms with Gasteiger partial charge in [-0.15, -0.1) is 0 Å². The van der Waals surface area contributed by atoms with Gasteiger partial charge in [-0.05, 0) is 56.6 Å². The summed E-state index contributed by atoms with van der Waals surface area (Å²) in [5.41, 5.74) is 1.48. The number of aryl methyl sites for hydroxylation is 1. The predicted octanol–water partition coefficient (Wildman–Crippen LogP) is 4.42. The van der Waals surface area contributed by atoms with Crippen LogP contribution in [0.25, 0.3) is 0 Å². The molecular formula is C18H29N. The molecular weight excluding hydrogens is 230 g/mol. The van der Waals surface area contributed by atoms with Crippen LogP contribution in [0.2, 0.25) is 0 Å². The molecule has 1 aromatic carbocycles. The van der Waals surface area contributed by atoms with E-state index in [0.29, 0.717) is 0 Å². The van der Waals surface area contributed by atoms with Crippen LogP contribution in [0, 0.1) is 11.8 Å². The van der Waals surface area contributed by atoms with Crippen molar-refractivity contribution in [3.63, 3.8) is 0 Å². The van der Waals surface area contributed by atoms with Crippen LogP contribution in [0.1, 0.15) is 51.0 Å². The van der Waals surface area contributed by atoms with Gasteiger partial charge in [-0.25, -0.2) is 0 Å². The average Bonchev–Trinajstić information content (AvgIpc) is 2.45. The number of hydrogen-bond donors (Lipinski definition) is 1. The molecule has 1 aromatic rings. The molecule has 0 amide bonds. The molecule has 1 heteroatoms. The van der Waals surface area contributed by atoms with Gasteiger partial charge in [-0.2, -0.15) is 0 Å². The van der Waals surface area contributed by atoms with Crippen LogP contribution in [0.3, 0.4) is 0 Å². The second kappa shape index (κ2) is 7.69. The molecule has 2 rings (SSSR count). The van der Waals surface area contributed by atoms with Gasteiger partial charge in [-0.1, -0.05) is 50.1 Å². The number of benzene rings is 1. The number of nitrogens with one attached hydrogen (secondary N) is 1. The molecule has 0 bridgehead atoms. The summed E-state index contributed by atoms with van der Waals surface area (Å²) < 4.78 is 0. The molecule has 1 N–H and O–H groups in total. The van der Waals surface area contributed by atoms with Crippen molar-refractivity contribution in [3.05, 3.63) is 35.9 Å². The van der Waals surface area contributed by atoms with Crippen molar-refractivity contribution in [2.75, 3.05) is 7.05 Å². The maximum atomic E-state index is 3.58. The monoisotopic (exact) mass is 259 g/mol. The molecule has 0 heterocycles. The summed E-state index contributed by atoms with van der Waals surface area (Å²) in [7, 11) is 2.15. The molecule has 0 aromatic heterocycles. The maximum absolute atomic E-state index is 3.58. The predicted molar refractivity (Wildman–Crippen MR) is 83.3 cm³/mol. The molecule has 0 saturated heterocycles. The molecule has 1 aliphatic carbocycles. The molecule has 0 spiro atoms. The summed E-state index contributed by atoms with van der Waals surface area (Å²) >= 11 is 0.